The maximum Gasteiger partial charge on any atom is 0.418 e. The Morgan fingerprint density at radius 1 is 1.33 bits per heavy atom. The highest BCUT2D eigenvalue weighted by molar-refractivity contribution is 7.99. The minimum atomic E-state index is -4.66. The second-order valence-corrected chi connectivity index (χ2v) is 6.46. The molecule has 0 bridgehead atoms. The molecule has 0 amide bonds. The van der Waals surface area contributed by atoms with Gasteiger partial charge < -0.3 is 0 Å². The van der Waals surface area contributed by atoms with Crippen LogP contribution in [0.2, 0.25) is 10.0 Å². The first-order valence-electron chi connectivity index (χ1n) is 6.38. The topological polar surface area (TPSA) is 34.9 Å². The van der Waals surface area contributed by atoms with E-state index in [4.69, 9.17) is 29.6 Å². The fourth-order valence-electron chi connectivity index (χ4n) is 1.91. The maximum absolute atomic E-state index is 12.8. The molecular formula is C15H9Cl2F3N2OS. The predicted molar refractivity (Wildman–Crippen MR) is 89.2 cm³/mol. The van der Waals surface area contributed by atoms with Crippen LogP contribution in [0.15, 0.2) is 28.0 Å². The van der Waals surface area contributed by atoms with Gasteiger partial charge in [0.1, 0.15) is 0 Å². The number of alkyl halides is 3. The molecule has 2 aromatic rings. The van der Waals surface area contributed by atoms with Gasteiger partial charge in [-0.2, -0.15) is 23.0 Å². The smallest absolute Gasteiger partial charge is 0.267 e. The van der Waals surface area contributed by atoms with Crippen molar-refractivity contribution in [2.45, 2.75) is 18.0 Å². The first-order valence-corrected chi connectivity index (χ1v) is 8.12. The van der Waals surface area contributed by atoms with Crippen molar-refractivity contribution in [2.75, 3.05) is 5.75 Å². The molecule has 1 aromatic carbocycles. The van der Waals surface area contributed by atoms with E-state index in [0.717, 1.165) is 11.6 Å². The molecule has 3 nitrogen and oxygen atoms in total. The molecule has 0 saturated heterocycles. The molecule has 0 aliphatic heterocycles. The molecule has 0 spiro atoms. The van der Waals surface area contributed by atoms with E-state index in [1.165, 1.54) is 23.9 Å². The van der Waals surface area contributed by atoms with Crippen molar-refractivity contribution >= 4 is 35.0 Å². The van der Waals surface area contributed by atoms with Crippen molar-refractivity contribution in [1.29, 1.82) is 0 Å². The third-order valence-corrected chi connectivity index (χ3v) is 4.75. The van der Waals surface area contributed by atoms with Gasteiger partial charge in [-0.05, 0) is 19.1 Å². The van der Waals surface area contributed by atoms with Gasteiger partial charge >= 0.3 is 6.18 Å². The SMILES string of the molecule is C#CCSc1cc(-n2ncc(C(F)(F)F)c(C)c2=O)c(Cl)cc1Cl. The van der Waals surface area contributed by atoms with Crippen LogP contribution in [0.3, 0.4) is 0 Å². The van der Waals surface area contributed by atoms with Crippen molar-refractivity contribution in [2.24, 2.45) is 0 Å². The standard InChI is InChI=1S/C15H9Cl2F3N2OS/c1-3-4-24-13-6-12(10(16)5-11(13)17)22-14(23)8(2)9(7-21-22)15(18,19)20/h1,5-7H,4H2,2H3. The number of benzene rings is 1. The van der Waals surface area contributed by atoms with Gasteiger partial charge in [0.2, 0.25) is 0 Å². The summed E-state index contributed by atoms with van der Waals surface area (Å²) in [6.45, 7) is 1.08. The molecule has 24 heavy (non-hydrogen) atoms. The minimum Gasteiger partial charge on any atom is -0.267 e. The van der Waals surface area contributed by atoms with Gasteiger partial charge in [0.15, 0.2) is 0 Å². The number of halogens is 5. The van der Waals surface area contributed by atoms with Gasteiger partial charge in [0.05, 0.1) is 33.2 Å². The Labute approximate surface area is 149 Å². The van der Waals surface area contributed by atoms with Gasteiger partial charge in [-0.3, -0.25) is 4.79 Å². The zero-order valence-corrected chi connectivity index (χ0v) is 14.4. The van der Waals surface area contributed by atoms with Crippen LogP contribution in [0.4, 0.5) is 13.2 Å². The number of nitrogens with zero attached hydrogens (tertiary/aromatic N) is 2. The average Bonchev–Trinajstić information content (AvgIpc) is 2.48. The maximum atomic E-state index is 12.8. The van der Waals surface area contributed by atoms with Crippen LogP contribution >= 0.6 is 35.0 Å². The summed E-state index contributed by atoms with van der Waals surface area (Å²) < 4.78 is 39.3. The van der Waals surface area contributed by atoms with Gasteiger partial charge in [-0.25, -0.2) is 0 Å². The molecule has 0 saturated carbocycles. The fourth-order valence-corrected chi connectivity index (χ4v) is 3.16. The van der Waals surface area contributed by atoms with E-state index < -0.39 is 22.9 Å². The van der Waals surface area contributed by atoms with E-state index >= 15 is 0 Å². The molecule has 0 fully saturated rings. The van der Waals surface area contributed by atoms with Gasteiger partial charge in [0, 0.05) is 10.5 Å². The van der Waals surface area contributed by atoms with Crippen molar-refractivity contribution in [3.8, 4) is 18.0 Å². The van der Waals surface area contributed by atoms with E-state index in [9.17, 15) is 18.0 Å². The van der Waals surface area contributed by atoms with Gasteiger partial charge in [-0.1, -0.05) is 29.1 Å². The van der Waals surface area contributed by atoms with Crippen molar-refractivity contribution in [3.63, 3.8) is 0 Å². The fraction of sp³-hybridized carbons (Fsp3) is 0.200. The lowest BCUT2D eigenvalue weighted by Crippen LogP contribution is -2.27. The number of hydrogen-bond donors (Lipinski definition) is 0. The van der Waals surface area contributed by atoms with E-state index in [2.05, 4.69) is 11.0 Å². The zero-order chi connectivity index (χ0) is 18.1. The van der Waals surface area contributed by atoms with Crippen molar-refractivity contribution in [3.05, 3.63) is 49.9 Å². The van der Waals surface area contributed by atoms with Crippen LogP contribution in [-0.4, -0.2) is 15.5 Å². The summed E-state index contributed by atoms with van der Waals surface area (Å²) >= 11 is 13.4. The Kier molecular flexibility index (Phi) is 5.53. The lowest BCUT2D eigenvalue weighted by molar-refractivity contribution is -0.138. The Morgan fingerprint density at radius 3 is 2.58 bits per heavy atom. The molecule has 0 radical (unpaired) electrons. The molecule has 0 atom stereocenters. The highest BCUT2D eigenvalue weighted by Crippen LogP contribution is 2.34. The summed E-state index contributed by atoms with van der Waals surface area (Å²) in [7, 11) is 0. The number of aromatic nitrogens is 2. The number of thioether (sulfide) groups is 1. The van der Waals surface area contributed by atoms with Gasteiger partial charge in [-0.15, -0.1) is 18.2 Å². The number of terminal acetylenes is 1. The predicted octanol–water partition coefficient (Wildman–Crippen LogP) is 4.59. The molecule has 9 heteroatoms. The van der Waals surface area contributed by atoms with Crippen LogP contribution in [0, 0.1) is 19.3 Å². The van der Waals surface area contributed by atoms with E-state index in [1.54, 1.807) is 0 Å². The molecule has 126 valence electrons. The second-order valence-electron chi connectivity index (χ2n) is 4.62. The third kappa shape index (κ3) is 3.72. The van der Waals surface area contributed by atoms with Crippen molar-refractivity contribution in [1.82, 2.24) is 9.78 Å². The Morgan fingerprint density at radius 2 is 2.00 bits per heavy atom. The summed E-state index contributed by atoms with van der Waals surface area (Å²) in [5.41, 5.74) is -2.35. The third-order valence-electron chi connectivity index (χ3n) is 3.07. The molecule has 0 unspecified atom stereocenters. The largest absolute Gasteiger partial charge is 0.418 e. The highest BCUT2D eigenvalue weighted by Gasteiger charge is 2.34. The van der Waals surface area contributed by atoms with Crippen LogP contribution in [0.1, 0.15) is 11.1 Å². The molecule has 1 heterocycles. The van der Waals surface area contributed by atoms with E-state index in [-0.39, 0.29) is 10.7 Å². The minimum absolute atomic E-state index is 0.0822. The second kappa shape index (κ2) is 7.09. The number of hydrogen-bond acceptors (Lipinski definition) is 3. The summed E-state index contributed by atoms with van der Waals surface area (Å²) in [5, 5.41) is 4.00. The molecule has 1 aromatic heterocycles. The summed E-state index contributed by atoms with van der Waals surface area (Å²) in [5.74, 6) is 2.75. The summed E-state index contributed by atoms with van der Waals surface area (Å²) in [6, 6.07) is 2.85. The van der Waals surface area contributed by atoms with E-state index in [0.29, 0.717) is 21.9 Å². The molecule has 0 N–H and O–H groups in total. The molecular weight excluding hydrogens is 384 g/mol. The molecule has 0 aliphatic carbocycles. The highest BCUT2D eigenvalue weighted by atomic mass is 35.5. The quantitative estimate of drug-likeness (QED) is 0.565. The normalized spacial score (nSPS) is 11.4. The molecule has 2 rings (SSSR count). The first kappa shape index (κ1) is 18.7. The van der Waals surface area contributed by atoms with Crippen molar-refractivity contribution < 1.29 is 13.2 Å². The Hall–Kier alpha value is -1.62. The molecule has 0 aliphatic rings. The summed E-state index contributed by atoms with van der Waals surface area (Å²) in [6.07, 6.45) is 1.13. The van der Waals surface area contributed by atoms with Crippen LogP contribution in [0.5, 0.6) is 0 Å². The van der Waals surface area contributed by atoms with Gasteiger partial charge in [0.25, 0.3) is 5.56 Å². The Bertz CT molecular complexity index is 888. The Balaban J connectivity index is 2.63. The average molecular weight is 393 g/mol. The van der Waals surface area contributed by atoms with Crippen LogP contribution in [-0.2, 0) is 6.18 Å². The summed E-state index contributed by atoms with van der Waals surface area (Å²) in [4.78, 5) is 12.8. The lowest BCUT2D eigenvalue weighted by atomic mass is 10.2. The lowest BCUT2D eigenvalue weighted by Gasteiger charge is -2.14. The zero-order valence-electron chi connectivity index (χ0n) is 12.1. The number of rotatable bonds is 3. The monoisotopic (exact) mass is 392 g/mol. The first-order chi connectivity index (χ1) is 11.2. The van der Waals surface area contributed by atoms with Crippen LogP contribution < -0.4 is 5.56 Å². The van der Waals surface area contributed by atoms with Crippen LogP contribution in [0.25, 0.3) is 5.69 Å². The van der Waals surface area contributed by atoms with E-state index in [1.807, 2.05) is 0 Å².